The number of ether oxygens (including phenoxy) is 1. The number of fused-ring (bicyclic) bond motifs is 1. The summed E-state index contributed by atoms with van der Waals surface area (Å²) in [5, 5.41) is 7.87. The molecular weight excluding hydrogens is 310 g/mol. The lowest BCUT2D eigenvalue weighted by Gasteiger charge is -2.19. The van der Waals surface area contributed by atoms with E-state index in [0.717, 1.165) is 15.4 Å². The molecule has 0 bridgehead atoms. The Bertz CT molecular complexity index is 629. The Hall–Kier alpha value is -1.56. The number of aromatic nitrogens is 2. The Morgan fingerprint density at radius 3 is 2.74 bits per heavy atom. The number of aryl methyl sites for hydroxylation is 1. The molecule has 0 aliphatic carbocycles. The van der Waals surface area contributed by atoms with Gasteiger partial charge in [0.25, 0.3) is 0 Å². The van der Waals surface area contributed by atoms with E-state index >= 15 is 0 Å². The van der Waals surface area contributed by atoms with Gasteiger partial charge < -0.3 is 10.1 Å². The summed E-state index contributed by atoms with van der Waals surface area (Å²) in [6.07, 6.45) is -0.489. The summed E-state index contributed by atoms with van der Waals surface area (Å²) in [5.41, 5.74) is 0.426. The number of amides is 1. The Morgan fingerprint density at radius 1 is 1.42 bits per heavy atom. The highest BCUT2D eigenvalue weighted by atomic mass is 79.9. The number of rotatable bonds is 1. The van der Waals surface area contributed by atoms with Gasteiger partial charge in [0.1, 0.15) is 5.52 Å². The standard InChI is InChI=1S/C13H16BrN3O2/c1-13(2,3)15-12(18)19-11-8-6-5-7-9(14)10(8)16-17(11)4/h5-7H,1-4H3,(H,15,18). The smallest absolute Gasteiger partial charge is 0.391 e. The van der Waals surface area contributed by atoms with Crippen molar-refractivity contribution >= 4 is 32.9 Å². The zero-order valence-electron chi connectivity index (χ0n) is 11.3. The van der Waals surface area contributed by atoms with Crippen LogP contribution in [0.3, 0.4) is 0 Å². The molecule has 0 saturated heterocycles. The van der Waals surface area contributed by atoms with Gasteiger partial charge in [0.15, 0.2) is 0 Å². The van der Waals surface area contributed by atoms with Gasteiger partial charge in [-0.2, -0.15) is 5.10 Å². The van der Waals surface area contributed by atoms with Crippen molar-refractivity contribution in [1.29, 1.82) is 0 Å². The Kier molecular flexibility index (Phi) is 3.54. The van der Waals surface area contributed by atoms with Crippen LogP contribution in [-0.4, -0.2) is 21.4 Å². The molecule has 0 saturated carbocycles. The van der Waals surface area contributed by atoms with Crippen LogP contribution in [0.4, 0.5) is 4.79 Å². The molecule has 0 radical (unpaired) electrons. The van der Waals surface area contributed by atoms with Crippen molar-refractivity contribution in [2.45, 2.75) is 26.3 Å². The number of benzene rings is 1. The SMILES string of the molecule is Cn1nc2c(Br)cccc2c1OC(=O)NC(C)(C)C. The van der Waals surface area contributed by atoms with E-state index in [4.69, 9.17) is 4.74 Å². The van der Waals surface area contributed by atoms with Gasteiger partial charge in [-0.25, -0.2) is 9.48 Å². The van der Waals surface area contributed by atoms with Crippen LogP contribution in [-0.2, 0) is 7.05 Å². The monoisotopic (exact) mass is 325 g/mol. The van der Waals surface area contributed by atoms with Gasteiger partial charge in [-0.15, -0.1) is 0 Å². The lowest BCUT2D eigenvalue weighted by atomic mass is 10.1. The molecule has 0 atom stereocenters. The second-order valence-corrected chi connectivity index (χ2v) is 6.18. The summed E-state index contributed by atoms with van der Waals surface area (Å²) in [7, 11) is 1.74. The fraction of sp³-hybridized carbons (Fsp3) is 0.385. The van der Waals surface area contributed by atoms with Crippen LogP contribution < -0.4 is 10.1 Å². The third kappa shape index (κ3) is 3.07. The largest absolute Gasteiger partial charge is 0.414 e. The molecule has 0 fully saturated rings. The van der Waals surface area contributed by atoms with Crippen molar-refractivity contribution < 1.29 is 9.53 Å². The first-order valence-corrected chi connectivity index (χ1v) is 6.68. The second-order valence-electron chi connectivity index (χ2n) is 5.33. The fourth-order valence-corrected chi connectivity index (χ4v) is 2.15. The first-order valence-electron chi connectivity index (χ1n) is 5.89. The lowest BCUT2D eigenvalue weighted by molar-refractivity contribution is 0.187. The number of nitrogens with one attached hydrogen (secondary N) is 1. The predicted molar refractivity (Wildman–Crippen MR) is 77.3 cm³/mol. The summed E-state index contributed by atoms with van der Waals surface area (Å²) < 4.78 is 7.78. The first kappa shape index (κ1) is 13.9. The quantitative estimate of drug-likeness (QED) is 0.875. The molecule has 0 spiro atoms. The van der Waals surface area contributed by atoms with Crippen LogP contribution in [0, 0.1) is 0 Å². The van der Waals surface area contributed by atoms with Crippen molar-refractivity contribution in [2.75, 3.05) is 0 Å². The van der Waals surface area contributed by atoms with E-state index in [1.807, 2.05) is 39.0 Å². The minimum atomic E-state index is -0.489. The van der Waals surface area contributed by atoms with E-state index in [2.05, 4.69) is 26.3 Å². The van der Waals surface area contributed by atoms with Gasteiger partial charge in [-0.05, 0) is 48.8 Å². The number of carbonyl (C=O) groups is 1. The van der Waals surface area contributed by atoms with Crippen molar-refractivity contribution in [1.82, 2.24) is 15.1 Å². The molecule has 0 aliphatic heterocycles. The van der Waals surface area contributed by atoms with E-state index in [1.165, 1.54) is 0 Å². The minimum Gasteiger partial charge on any atom is -0.391 e. The minimum absolute atomic E-state index is 0.341. The molecule has 19 heavy (non-hydrogen) atoms. The maximum atomic E-state index is 11.8. The molecule has 1 aromatic heterocycles. The van der Waals surface area contributed by atoms with Gasteiger partial charge in [-0.1, -0.05) is 6.07 Å². The molecular formula is C13H16BrN3O2. The summed E-state index contributed by atoms with van der Waals surface area (Å²) in [4.78, 5) is 11.8. The average molecular weight is 326 g/mol. The Labute approximate surface area is 120 Å². The zero-order chi connectivity index (χ0) is 14.2. The summed E-state index contributed by atoms with van der Waals surface area (Å²) in [5.74, 6) is 0.429. The Balaban J connectivity index is 2.33. The number of halogens is 1. The maximum Gasteiger partial charge on any atom is 0.414 e. The van der Waals surface area contributed by atoms with Gasteiger partial charge in [0, 0.05) is 17.1 Å². The number of hydrogen-bond acceptors (Lipinski definition) is 3. The molecule has 2 rings (SSSR count). The Morgan fingerprint density at radius 2 is 2.11 bits per heavy atom. The van der Waals surface area contributed by atoms with Crippen LogP contribution in [0.25, 0.3) is 10.9 Å². The highest BCUT2D eigenvalue weighted by Gasteiger charge is 2.19. The van der Waals surface area contributed by atoms with Crippen molar-refractivity contribution in [3.8, 4) is 5.88 Å². The fourth-order valence-electron chi connectivity index (χ4n) is 1.70. The molecule has 5 nitrogen and oxygen atoms in total. The van der Waals surface area contributed by atoms with E-state index in [0.29, 0.717) is 5.88 Å². The molecule has 1 aromatic carbocycles. The van der Waals surface area contributed by atoms with E-state index in [9.17, 15) is 4.79 Å². The second kappa shape index (κ2) is 4.85. The zero-order valence-corrected chi connectivity index (χ0v) is 12.9. The van der Waals surface area contributed by atoms with E-state index in [1.54, 1.807) is 11.7 Å². The van der Waals surface area contributed by atoms with Gasteiger partial charge in [0.05, 0.1) is 5.39 Å². The van der Waals surface area contributed by atoms with Crippen molar-refractivity contribution in [3.63, 3.8) is 0 Å². The molecule has 1 N–H and O–H groups in total. The van der Waals surface area contributed by atoms with Crippen LogP contribution in [0.1, 0.15) is 20.8 Å². The lowest BCUT2D eigenvalue weighted by Crippen LogP contribution is -2.42. The molecule has 0 unspecified atom stereocenters. The molecule has 0 aliphatic rings. The number of hydrogen-bond donors (Lipinski definition) is 1. The normalized spacial score (nSPS) is 11.6. The number of nitrogens with zero attached hydrogens (tertiary/aromatic N) is 2. The summed E-state index contributed by atoms with van der Waals surface area (Å²) in [6, 6.07) is 5.64. The molecule has 1 heterocycles. The molecule has 2 aromatic rings. The molecule has 1 amide bonds. The summed E-state index contributed by atoms with van der Waals surface area (Å²) >= 11 is 3.43. The first-order chi connectivity index (χ1) is 8.78. The highest BCUT2D eigenvalue weighted by Crippen LogP contribution is 2.30. The highest BCUT2D eigenvalue weighted by molar-refractivity contribution is 9.10. The van der Waals surface area contributed by atoms with E-state index < -0.39 is 6.09 Å². The van der Waals surface area contributed by atoms with Gasteiger partial charge >= 0.3 is 6.09 Å². The van der Waals surface area contributed by atoms with Crippen LogP contribution in [0.2, 0.25) is 0 Å². The van der Waals surface area contributed by atoms with Crippen molar-refractivity contribution in [2.24, 2.45) is 7.05 Å². The predicted octanol–water partition coefficient (Wildman–Crippen LogP) is 3.22. The van der Waals surface area contributed by atoms with Gasteiger partial charge in [-0.3, -0.25) is 0 Å². The maximum absolute atomic E-state index is 11.8. The number of carbonyl (C=O) groups excluding carboxylic acids is 1. The topological polar surface area (TPSA) is 56.2 Å². The van der Waals surface area contributed by atoms with E-state index in [-0.39, 0.29) is 5.54 Å². The van der Waals surface area contributed by atoms with Crippen LogP contribution in [0.15, 0.2) is 22.7 Å². The molecule has 102 valence electrons. The molecule has 6 heteroatoms. The third-order valence-corrected chi connectivity index (χ3v) is 3.07. The van der Waals surface area contributed by atoms with Crippen LogP contribution in [0.5, 0.6) is 5.88 Å². The third-order valence-electron chi connectivity index (χ3n) is 2.43. The van der Waals surface area contributed by atoms with Crippen molar-refractivity contribution in [3.05, 3.63) is 22.7 Å². The average Bonchev–Trinajstić information content (AvgIpc) is 2.55. The van der Waals surface area contributed by atoms with Crippen LogP contribution >= 0.6 is 15.9 Å². The summed E-state index contributed by atoms with van der Waals surface area (Å²) in [6.45, 7) is 5.69. The van der Waals surface area contributed by atoms with Gasteiger partial charge in [0.2, 0.25) is 5.88 Å².